The van der Waals surface area contributed by atoms with Gasteiger partial charge in [0.15, 0.2) is 11.5 Å². The monoisotopic (exact) mass is 443 g/mol. The van der Waals surface area contributed by atoms with E-state index in [1.807, 2.05) is 6.92 Å². The third kappa shape index (κ3) is 4.34. The lowest BCUT2D eigenvalue weighted by Gasteiger charge is -2.15. The molecular formula is C18H19BrClNO5. The van der Waals surface area contributed by atoms with E-state index in [0.717, 1.165) is 0 Å². The van der Waals surface area contributed by atoms with Crippen molar-refractivity contribution in [1.82, 2.24) is 0 Å². The minimum atomic E-state index is -0.355. The number of ether oxygens (including phenoxy) is 4. The van der Waals surface area contributed by atoms with Gasteiger partial charge >= 0.3 is 0 Å². The molecule has 0 bridgehead atoms. The molecule has 0 fully saturated rings. The molecule has 2 aromatic carbocycles. The number of nitrogens with one attached hydrogen (secondary N) is 1. The van der Waals surface area contributed by atoms with Crippen LogP contribution in [-0.2, 0) is 0 Å². The maximum Gasteiger partial charge on any atom is 0.255 e. The van der Waals surface area contributed by atoms with E-state index in [2.05, 4.69) is 21.2 Å². The first-order valence-corrected chi connectivity index (χ1v) is 8.85. The number of carbonyl (C=O) groups is 1. The molecule has 0 aliphatic rings. The Hall–Kier alpha value is -2.12. The van der Waals surface area contributed by atoms with Gasteiger partial charge in [-0.15, -0.1) is 0 Å². The molecule has 6 nitrogen and oxygen atoms in total. The SMILES string of the molecule is CCOc1c(Br)cc(C(=O)Nc2cc(Cl)c(OC)cc2OC)cc1OC. The Kier molecular flexibility index (Phi) is 6.99. The van der Waals surface area contributed by atoms with Gasteiger partial charge in [0.05, 0.1) is 43.1 Å². The van der Waals surface area contributed by atoms with Crippen LogP contribution in [0, 0.1) is 0 Å². The Bertz CT molecular complexity index is 813. The third-order valence-corrected chi connectivity index (χ3v) is 4.39. The summed E-state index contributed by atoms with van der Waals surface area (Å²) in [6.07, 6.45) is 0. The summed E-state index contributed by atoms with van der Waals surface area (Å²) < 4.78 is 21.9. The minimum Gasteiger partial charge on any atom is -0.495 e. The van der Waals surface area contributed by atoms with Gasteiger partial charge in [-0.3, -0.25) is 4.79 Å². The van der Waals surface area contributed by atoms with Crippen molar-refractivity contribution in [2.75, 3.05) is 33.3 Å². The molecule has 1 amide bonds. The highest BCUT2D eigenvalue weighted by atomic mass is 79.9. The number of benzene rings is 2. The van der Waals surface area contributed by atoms with Gasteiger partial charge in [0.2, 0.25) is 0 Å². The van der Waals surface area contributed by atoms with Crippen LogP contribution in [0.25, 0.3) is 0 Å². The highest BCUT2D eigenvalue weighted by Gasteiger charge is 2.18. The zero-order valence-corrected chi connectivity index (χ0v) is 17.2. The van der Waals surface area contributed by atoms with Gasteiger partial charge in [0.25, 0.3) is 5.91 Å². The summed E-state index contributed by atoms with van der Waals surface area (Å²) >= 11 is 9.55. The van der Waals surface area contributed by atoms with Crippen LogP contribution in [0.4, 0.5) is 5.69 Å². The third-order valence-electron chi connectivity index (χ3n) is 3.50. The lowest BCUT2D eigenvalue weighted by Crippen LogP contribution is -2.13. The van der Waals surface area contributed by atoms with E-state index >= 15 is 0 Å². The number of anilines is 1. The maximum absolute atomic E-state index is 12.7. The van der Waals surface area contributed by atoms with Crippen LogP contribution >= 0.6 is 27.5 Å². The van der Waals surface area contributed by atoms with E-state index in [-0.39, 0.29) is 5.91 Å². The van der Waals surface area contributed by atoms with Crippen molar-refractivity contribution in [1.29, 1.82) is 0 Å². The van der Waals surface area contributed by atoms with Crippen molar-refractivity contribution in [2.24, 2.45) is 0 Å². The fourth-order valence-electron chi connectivity index (χ4n) is 2.29. The normalized spacial score (nSPS) is 10.2. The summed E-state index contributed by atoms with van der Waals surface area (Å²) in [5, 5.41) is 3.13. The lowest BCUT2D eigenvalue weighted by molar-refractivity contribution is 0.102. The van der Waals surface area contributed by atoms with Gasteiger partial charge in [-0.1, -0.05) is 11.6 Å². The van der Waals surface area contributed by atoms with Crippen LogP contribution in [0.15, 0.2) is 28.7 Å². The quantitative estimate of drug-likeness (QED) is 0.666. The number of methoxy groups -OCH3 is 3. The van der Waals surface area contributed by atoms with E-state index < -0.39 is 0 Å². The van der Waals surface area contributed by atoms with Crippen LogP contribution in [0.3, 0.4) is 0 Å². The summed E-state index contributed by atoms with van der Waals surface area (Å²) in [5.41, 5.74) is 0.804. The molecular weight excluding hydrogens is 426 g/mol. The van der Waals surface area contributed by atoms with Crippen LogP contribution < -0.4 is 24.3 Å². The van der Waals surface area contributed by atoms with Crippen molar-refractivity contribution in [3.63, 3.8) is 0 Å². The molecule has 0 saturated carbocycles. The molecule has 0 aliphatic carbocycles. The average Bonchev–Trinajstić information content (AvgIpc) is 2.63. The number of hydrogen-bond acceptors (Lipinski definition) is 5. The lowest BCUT2D eigenvalue weighted by atomic mass is 10.1. The Morgan fingerprint density at radius 1 is 1.04 bits per heavy atom. The molecule has 0 atom stereocenters. The van der Waals surface area contributed by atoms with Crippen LogP contribution in [0.1, 0.15) is 17.3 Å². The van der Waals surface area contributed by atoms with Gasteiger partial charge in [-0.2, -0.15) is 0 Å². The number of carbonyl (C=O) groups excluding carboxylic acids is 1. The summed E-state index contributed by atoms with van der Waals surface area (Å²) in [4.78, 5) is 12.7. The first kappa shape index (κ1) is 20.2. The van der Waals surface area contributed by atoms with Crippen molar-refractivity contribution in [2.45, 2.75) is 6.92 Å². The number of rotatable bonds is 7. The predicted molar refractivity (Wildman–Crippen MR) is 104 cm³/mol. The molecule has 2 aromatic rings. The Morgan fingerprint density at radius 2 is 1.69 bits per heavy atom. The van der Waals surface area contributed by atoms with Gasteiger partial charge in [-0.05, 0) is 41.1 Å². The van der Waals surface area contributed by atoms with Gasteiger partial charge in [-0.25, -0.2) is 0 Å². The molecule has 0 spiro atoms. The summed E-state index contributed by atoms with van der Waals surface area (Å²) in [7, 11) is 4.51. The Balaban J connectivity index is 2.36. The molecule has 0 aromatic heterocycles. The van der Waals surface area contributed by atoms with Gasteiger partial charge < -0.3 is 24.3 Å². The molecule has 0 unspecified atom stereocenters. The zero-order valence-electron chi connectivity index (χ0n) is 14.8. The molecule has 2 rings (SSSR count). The fraction of sp³-hybridized carbons (Fsp3) is 0.278. The predicted octanol–water partition coefficient (Wildman–Crippen LogP) is 4.78. The number of hydrogen-bond donors (Lipinski definition) is 1. The average molecular weight is 445 g/mol. The van der Waals surface area contributed by atoms with Crippen molar-refractivity contribution in [3.05, 3.63) is 39.3 Å². The zero-order chi connectivity index (χ0) is 19.3. The number of halogens is 2. The highest BCUT2D eigenvalue weighted by molar-refractivity contribution is 9.10. The Morgan fingerprint density at radius 3 is 2.27 bits per heavy atom. The van der Waals surface area contributed by atoms with E-state index in [1.54, 1.807) is 24.3 Å². The van der Waals surface area contributed by atoms with Crippen molar-refractivity contribution in [3.8, 4) is 23.0 Å². The van der Waals surface area contributed by atoms with Crippen molar-refractivity contribution < 1.29 is 23.7 Å². The van der Waals surface area contributed by atoms with Gasteiger partial charge in [0.1, 0.15) is 11.5 Å². The molecule has 140 valence electrons. The molecule has 0 radical (unpaired) electrons. The van der Waals surface area contributed by atoms with E-state index in [0.29, 0.717) is 50.4 Å². The smallest absolute Gasteiger partial charge is 0.255 e. The van der Waals surface area contributed by atoms with Crippen LogP contribution in [0.2, 0.25) is 5.02 Å². The summed E-state index contributed by atoms with van der Waals surface area (Å²) in [6, 6.07) is 6.42. The molecule has 8 heteroatoms. The van der Waals surface area contributed by atoms with E-state index in [4.69, 9.17) is 30.5 Å². The second-order valence-electron chi connectivity index (χ2n) is 5.06. The largest absolute Gasteiger partial charge is 0.495 e. The fourth-order valence-corrected chi connectivity index (χ4v) is 3.08. The minimum absolute atomic E-state index is 0.355. The standard InChI is InChI=1S/C18H19BrClNO5/c1-5-26-17-11(19)6-10(7-16(17)25-4)18(22)21-13-8-12(20)14(23-2)9-15(13)24-3/h6-9H,5H2,1-4H3,(H,21,22). The highest BCUT2D eigenvalue weighted by Crippen LogP contribution is 2.38. The molecule has 26 heavy (non-hydrogen) atoms. The Labute approximate surface area is 165 Å². The first-order chi connectivity index (χ1) is 12.4. The summed E-state index contributed by atoms with van der Waals surface area (Å²) in [5.74, 6) is 1.51. The molecule has 1 N–H and O–H groups in total. The van der Waals surface area contributed by atoms with E-state index in [9.17, 15) is 4.79 Å². The van der Waals surface area contributed by atoms with E-state index in [1.165, 1.54) is 21.3 Å². The summed E-state index contributed by atoms with van der Waals surface area (Å²) in [6.45, 7) is 2.34. The van der Waals surface area contributed by atoms with Gasteiger partial charge in [0, 0.05) is 11.6 Å². The van der Waals surface area contributed by atoms with Crippen LogP contribution in [-0.4, -0.2) is 33.8 Å². The van der Waals surface area contributed by atoms with Crippen molar-refractivity contribution >= 4 is 39.1 Å². The maximum atomic E-state index is 12.7. The first-order valence-electron chi connectivity index (χ1n) is 7.68. The second kappa shape index (κ2) is 9.00. The molecule has 0 aliphatic heterocycles. The molecule has 0 saturated heterocycles. The van der Waals surface area contributed by atoms with Crippen LogP contribution in [0.5, 0.6) is 23.0 Å². The topological polar surface area (TPSA) is 66.0 Å². The molecule has 0 heterocycles. The second-order valence-corrected chi connectivity index (χ2v) is 6.33. The number of amides is 1.